The van der Waals surface area contributed by atoms with E-state index in [-0.39, 0.29) is 0 Å². The van der Waals surface area contributed by atoms with Crippen molar-refractivity contribution in [3.05, 3.63) is 23.8 Å². The van der Waals surface area contributed by atoms with E-state index in [1.807, 2.05) is 6.92 Å². The molecule has 0 saturated carbocycles. The topological polar surface area (TPSA) is 89.1 Å². The minimum Gasteiger partial charge on any atom is -0.475 e. The number of hydrogen-bond donors (Lipinski definition) is 2. The number of carboxylic acids is 1. The summed E-state index contributed by atoms with van der Waals surface area (Å²) >= 11 is 0. The summed E-state index contributed by atoms with van der Waals surface area (Å²) in [5.74, 6) is -2.76. The van der Waals surface area contributed by atoms with Gasteiger partial charge in [-0.1, -0.05) is 0 Å². The van der Waals surface area contributed by atoms with Crippen LogP contribution in [0, 0.1) is 6.92 Å². The van der Waals surface area contributed by atoms with Crippen molar-refractivity contribution in [2.45, 2.75) is 19.6 Å². The maximum Gasteiger partial charge on any atom is 0.490 e. The molecule has 16 heavy (non-hydrogen) atoms. The van der Waals surface area contributed by atoms with Crippen LogP contribution in [-0.4, -0.2) is 27.2 Å². The van der Waals surface area contributed by atoms with E-state index in [4.69, 9.17) is 15.6 Å². The van der Waals surface area contributed by atoms with Crippen LogP contribution in [-0.2, 0) is 11.3 Å². The average molecular weight is 237 g/mol. The van der Waals surface area contributed by atoms with Crippen molar-refractivity contribution in [2.75, 3.05) is 0 Å². The van der Waals surface area contributed by atoms with Gasteiger partial charge < -0.3 is 10.8 Å². The summed E-state index contributed by atoms with van der Waals surface area (Å²) in [6.45, 7) is 2.37. The Morgan fingerprint density at radius 2 is 1.88 bits per heavy atom. The number of carboxylic acid groups (broad SMARTS) is 1. The maximum atomic E-state index is 10.6. The molecule has 5 nitrogen and oxygen atoms in total. The number of aryl methyl sites for hydroxylation is 1. The number of rotatable bonds is 1. The second-order valence-corrected chi connectivity index (χ2v) is 2.60. The lowest BCUT2D eigenvalue weighted by Gasteiger charge is -1.96. The van der Waals surface area contributed by atoms with E-state index in [0.717, 1.165) is 11.4 Å². The molecule has 0 saturated heterocycles. The second kappa shape index (κ2) is 6.01. The van der Waals surface area contributed by atoms with E-state index < -0.39 is 12.1 Å². The molecule has 0 atom stereocenters. The third-order valence-corrected chi connectivity index (χ3v) is 1.42. The van der Waals surface area contributed by atoms with Gasteiger partial charge in [0.25, 0.3) is 0 Å². The molecule has 0 bridgehead atoms. The van der Waals surface area contributed by atoms with Crippen molar-refractivity contribution >= 4 is 5.97 Å². The minimum atomic E-state index is -5.08. The van der Waals surface area contributed by atoms with E-state index in [1.54, 1.807) is 12.4 Å². The fourth-order valence-corrected chi connectivity index (χ4v) is 0.637. The summed E-state index contributed by atoms with van der Waals surface area (Å²) in [7, 11) is 0. The lowest BCUT2D eigenvalue weighted by atomic mass is 10.3. The molecule has 0 radical (unpaired) electrons. The molecule has 0 amide bonds. The van der Waals surface area contributed by atoms with E-state index >= 15 is 0 Å². The molecule has 0 aromatic carbocycles. The van der Waals surface area contributed by atoms with Crippen LogP contribution in [0.2, 0.25) is 0 Å². The normalized spacial score (nSPS) is 10.3. The van der Waals surface area contributed by atoms with Gasteiger partial charge in [-0.3, -0.25) is 9.97 Å². The highest BCUT2D eigenvalue weighted by molar-refractivity contribution is 5.73. The highest BCUT2D eigenvalue weighted by Gasteiger charge is 2.38. The molecule has 0 aliphatic rings. The molecule has 8 heteroatoms. The lowest BCUT2D eigenvalue weighted by molar-refractivity contribution is -0.192. The first kappa shape index (κ1) is 14.3. The Labute approximate surface area is 89.1 Å². The van der Waals surface area contributed by atoms with E-state index in [2.05, 4.69) is 9.97 Å². The Hall–Kier alpha value is -1.70. The van der Waals surface area contributed by atoms with Crippen LogP contribution < -0.4 is 5.73 Å². The monoisotopic (exact) mass is 237 g/mol. The summed E-state index contributed by atoms with van der Waals surface area (Å²) in [6, 6.07) is 0. The van der Waals surface area contributed by atoms with Crippen LogP contribution in [0.1, 0.15) is 11.4 Å². The third kappa shape index (κ3) is 5.25. The first-order valence-electron chi connectivity index (χ1n) is 4.05. The van der Waals surface area contributed by atoms with Gasteiger partial charge in [-0.25, -0.2) is 4.79 Å². The SMILES string of the molecule is Cc1nccnc1CN.O=C(O)C(F)(F)F. The Morgan fingerprint density at radius 3 is 2.12 bits per heavy atom. The zero-order chi connectivity index (χ0) is 12.8. The number of aromatic nitrogens is 2. The fourth-order valence-electron chi connectivity index (χ4n) is 0.637. The standard InChI is InChI=1S/C6H9N3.C2HF3O2/c1-5-6(4-7)9-3-2-8-5;3-2(4,5)1(6)7/h2-3H,4,7H2,1H3;(H,6,7). The highest BCUT2D eigenvalue weighted by Crippen LogP contribution is 2.13. The molecule has 1 aromatic rings. The molecule has 1 rings (SSSR count). The van der Waals surface area contributed by atoms with Crippen molar-refractivity contribution in [3.63, 3.8) is 0 Å². The van der Waals surface area contributed by atoms with Gasteiger partial charge in [-0.15, -0.1) is 0 Å². The van der Waals surface area contributed by atoms with Crippen molar-refractivity contribution < 1.29 is 23.1 Å². The number of aliphatic carboxylic acids is 1. The number of hydrogen-bond acceptors (Lipinski definition) is 4. The van der Waals surface area contributed by atoms with Gasteiger partial charge in [-0.2, -0.15) is 13.2 Å². The Kier molecular flexibility index (Phi) is 5.37. The molecule has 0 aliphatic carbocycles. The first-order chi connectivity index (χ1) is 7.29. The number of nitrogens with two attached hydrogens (primary N) is 1. The molecule has 0 unspecified atom stereocenters. The summed E-state index contributed by atoms with van der Waals surface area (Å²) in [4.78, 5) is 16.9. The van der Waals surface area contributed by atoms with E-state index in [9.17, 15) is 13.2 Å². The minimum absolute atomic E-state index is 0.472. The van der Waals surface area contributed by atoms with E-state index in [1.165, 1.54) is 0 Å². The summed E-state index contributed by atoms with van der Waals surface area (Å²) in [6.07, 6.45) is -1.77. The zero-order valence-corrected chi connectivity index (χ0v) is 8.32. The van der Waals surface area contributed by atoms with Crippen LogP contribution in [0.25, 0.3) is 0 Å². The Morgan fingerprint density at radius 1 is 1.44 bits per heavy atom. The predicted octanol–water partition coefficient (Wildman–Crippen LogP) is 0.877. The van der Waals surface area contributed by atoms with Crippen LogP contribution >= 0.6 is 0 Å². The zero-order valence-electron chi connectivity index (χ0n) is 8.32. The Bertz CT molecular complexity index is 355. The van der Waals surface area contributed by atoms with Crippen LogP contribution in [0.4, 0.5) is 13.2 Å². The molecule has 0 fully saturated rings. The van der Waals surface area contributed by atoms with Crippen molar-refractivity contribution in [1.29, 1.82) is 0 Å². The molecule has 3 N–H and O–H groups in total. The Balaban J connectivity index is 0.000000293. The summed E-state index contributed by atoms with van der Waals surface area (Å²) in [5, 5.41) is 7.12. The molecular formula is C8H10F3N3O2. The van der Waals surface area contributed by atoms with Gasteiger partial charge >= 0.3 is 12.1 Å². The number of nitrogens with zero attached hydrogens (tertiary/aromatic N) is 2. The van der Waals surface area contributed by atoms with Gasteiger partial charge in [0.2, 0.25) is 0 Å². The van der Waals surface area contributed by atoms with Crippen LogP contribution in [0.3, 0.4) is 0 Å². The second-order valence-electron chi connectivity index (χ2n) is 2.60. The van der Waals surface area contributed by atoms with Crippen LogP contribution in [0.15, 0.2) is 12.4 Å². The molecule has 1 aromatic heterocycles. The number of carbonyl (C=O) groups is 1. The number of alkyl halides is 3. The van der Waals surface area contributed by atoms with E-state index in [0.29, 0.717) is 6.54 Å². The first-order valence-corrected chi connectivity index (χ1v) is 4.05. The quantitative estimate of drug-likeness (QED) is 0.756. The molecule has 1 heterocycles. The molecule has 0 spiro atoms. The van der Waals surface area contributed by atoms with Gasteiger partial charge in [0.15, 0.2) is 0 Å². The maximum absolute atomic E-state index is 10.6. The molecule has 0 aliphatic heterocycles. The van der Waals surface area contributed by atoms with Gasteiger partial charge in [0, 0.05) is 18.9 Å². The van der Waals surface area contributed by atoms with Gasteiger partial charge in [-0.05, 0) is 6.92 Å². The summed E-state index contributed by atoms with van der Waals surface area (Å²) < 4.78 is 31.7. The highest BCUT2D eigenvalue weighted by atomic mass is 19.4. The van der Waals surface area contributed by atoms with Crippen molar-refractivity contribution in [3.8, 4) is 0 Å². The fraction of sp³-hybridized carbons (Fsp3) is 0.375. The average Bonchev–Trinajstić information content (AvgIpc) is 2.18. The summed E-state index contributed by atoms with van der Waals surface area (Å²) in [5.41, 5.74) is 7.14. The largest absolute Gasteiger partial charge is 0.490 e. The third-order valence-electron chi connectivity index (χ3n) is 1.42. The van der Waals surface area contributed by atoms with Crippen molar-refractivity contribution in [1.82, 2.24) is 9.97 Å². The lowest BCUT2D eigenvalue weighted by Crippen LogP contribution is -2.21. The van der Waals surface area contributed by atoms with Crippen molar-refractivity contribution in [2.24, 2.45) is 5.73 Å². The van der Waals surface area contributed by atoms with Gasteiger partial charge in [0.1, 0.15) is 0 Å². The molecule has 90 valence electrons. The van der Waals surface area contributed by atoms with Crippen LogP contribution in [0.5, 0.6) is 0 Å². The smallest absolute Gasteiger partial charge is 0.475 e. The van der Waals surface area contributed by atoms with Gasteiger partial charge in [0.05, 0.1) is 11.4 Å². The predicted molar refractivity (Wildman–Crippen MR) is 48.4 cm³/mol. The number of halogens is 3. The molecular weight excluding hydrogens is 227 g/mol.